The zero-order chi connectivity index (χ0) is 14.2. The fraction of sp³-hybridized carbons (Fsp3) is 0.500. The molecule has 4 rings (SSSR count). The molecule has 1 aromatic carbocycles. The minimum Gasteiger partial charge on any atom is -0.381 e. The van der Waals surface area contributed by atoms with Crippen LogP contribution in [0.2, 0.25) is 0 Å². The Morgan fingerprint density at radius 2 is 2.29 bits per heavy atom. The standard InChI is InChI=1S/C16H19N3O2/c20-16(12-1-2-13-8-17-18-15(13)7-12)19(14-3-4-14)9-11-5-6-21-10-11/h1-2,7-8,11,14H,3-6,9-10H2,(H,17,18). The average Bonchev–Trinajstić information content (AvgIpc) is 3.02. The Kier molecular flexibility index (Phi) is 3.15. The number of fused-ring (bicyclic) bond motifs is 1. The Hall–Kier alpha value is -1.88. The Labute approximate surface area is 123 Å². The first-order chi connectivity index (χ1) is 10.3. The number of hydrogen-bond donors (Lipinski definition) is 1. The summed E-state index contributed by atoms with van der Waals surface area (Å²) in [7, 11) is 0. The largest absolute Gasteiger partial charge is 0.381 e. The molecule has 1 unspecified atom stereocenters. The van der Waals surface area contributed by atoms with Crippen molar-refractivity contribution in [2.24, 2.45) is 5.92 Å². The van der Waals surface area contributed by atoms with Gasteiger partial charge in [0.15, 0.2) is 0 Å². The molecule has 1 saturated carbocycles. The first-order valence-electron chi connectivity index (χ1n) is 7.63. The molecule has 2 heterocycles. The van der Waals surface area contributed by atoms with Gasteiger partial charge in [0.05, 0.1) is 18.3 Å². The highest BCUT2D eigenvalue weighted by atomic mass is 16.5. The first kappa shape index (κ1) is 12.8. The van der Waals surface area contributed by atoms with Crippen molar-refractivity contribution in [1.29, 1.82) is 0 Å². The molecule has 2 aromatic rings. The second-order valence-electron chi connectivity index (χ2n) is 6.09. The van der Waals surface area contributed by atoms with E-state index in [1.807, 2.05) is 18.2 Å². The summed E-state index contributed by atoms with van der Waals surface area (Å²) in [6.45, 7) is 2.44. The van der Waals surface area contributed by atoms with E-state index in [1.54, 1.807) is 6.20 Å². The van der Waals surface area contributed by atoms with Crippen LogP contribution in [0.15, 0.2) is 24.4 Å². The van der Waals surface area contributed by atoms with Crippen LogP contribution >= 0.6 is 0 Å². The van der Waals surface area contributed by atoms with Crippen LogP contribution in [-0.4, -0.2) is 46.8 Å². The number of carbonyl (C=O) groups excluding carboxylic acids is 1. The maximum Gasteiger partial charge on any atom is 0.254 e. The molecule has 5 heteroatoms. The lowest BCUT2D eigenvalue weighted by molar-refractivity contribution is 0.0706. The third-order valence-corrected chi connectivity index (χ3v) is 4.42. The lowest BCUT2D eigenvalue weighted by Crippen LogP contribution is -2.37. The summed E-state index contributed by atoms with van der Waals surface area (Å²) >= 11 is 0. The number of rotatable bonds is 4. The fourth-order valence-corrected chi connectivity index (χ4v) is 3.03. The number of amides is 1. The summed E-state index contributed by atoms with van der Waals surface area (Å²) in [4.78, 5) is 14.9. The molecule has 5 nitrogen and oxygen atoms in total. The van der Waals surface area contributed by atoms with E-state index < -0.39 is 0 Å². The molecule has 1 saturated heterocycles. The summed E-state index contributed by atoms with van der Waals surface area (Å²) in [5.41, 5.74) is 1.67. The second kappa shape index (κ2) is 5.15. The normalized spacial score (nSPS) is 21.8. The van der Waals surface area contributed by atoms with Gasteiger partial charge in [0.25, 0.3) is 5.91 Å². The molecule has 1 atom stereocenters. The van der Waals surface area contributed by atoms with E-state index in [2.05, 4.69) is 15.1 Å². The molecular weight excluding hydrogens is 266 g/mol. The van der Waals surface area contributed by atoms with Crippen LogP contribution in [0.1, 0.15) is 29.6 Å². The van der Waals surface area contributed by atoms with Crippen molar-refractivity contribution < 1.29 is 9.53 Å². The van der Waals surface area contributed by atoms with Crippen LogP contribution < -0.4 is 0 Å². The number of hydrogen-bond acceptors (Lipinski definition) is 3. The van der Waals surface area contributed by atoms with Crippen LogP contribution in [0.3, 0.4) is 0 Å². The molecule has 1 aliphatic heterocycles. The van der Waals surface area contributed by atoms with Crippen molar-refractivity contribution in [3.63, 3.8) is 0 Å². The molecule has 1 aromatic heterocycles. The molecule has 2 aliphatic rings. The SMILES string of the molecule is O=C(c1ccc2cn[nH]c2c1)N(CC1CCOC1)C1CC1. The number of H-pyrrole nitrogens is 1. The zero-order valence-corrected chi connectivity index (χ0v) is 11.9. The Bertz CT molecular complexity index is 656. The zero-order valence-electron chi connectivity index (χ0n) is 11.9. The van der Waals surface area contributed by atoms with E-state index in [-0.39, 0.29) is 5.91 Å². The monoisotopic (exact) mass is 285 g/mol. The van der Waals surface area contributed by atoms with Gasteiger partial charge in [0.1, 0.15) is 0 Å². The van der Waals surface area contributed by atoms with E-state index in [1.165, 1.54) is 0 Å². The third-order valence-electron chi connectivity index (χ3n) is 4.42. The van der Waals surface area contributed by atoms with Gasteiger partial charge in [-0.2, -0.15) is 5.10 Å². The van der Waals surface area contributed by atoms with Crippen molar-refractivity contribution in [2.75, 3.05) is 19.8 Å². The predicted molar refractivity (Wildman–Crippen MR) is 79.1 cm³/mol. The highest BCUT2D eigenvalue weighted by Gasteiger charge is 2.35. The summed E-state index contributed by atoms with van der Waals surface area (Å²) in [5.74, 6) is 0.631. The number of carbonyl (C=O) groups is 1. The Balaban J connectivity index is 1.57. The van der Waals surface area contributed by atoms with Crippen LogP contribution in [0.4, 0.5) is 0 Å². The molecule has 0 spiro atoms. The average molecular weight is 285 g/mol. The topological polar surface area (TPSA) is 58.2 Å². The van der Waals surface area contributed by atoms with Gasteiger partial charge in [-0.25, -0.2) is 0 Å². The Morgan fingerprint density at radius 3 is 3.05 bits per heavy atom. The fourth-order valence-electron chi connectivity index (χ4n) is 3.03. The van der Waals surface area contributed by atoms with Crippen molar-refractivity contribution in [1.82, 2.24) is 15.1 Å². The van der Waals surface area contributed by atoms with Crippen LogP contribution in [0.25, 0.3) is 10.9 Å². The van der Waals surface area contributed by atoms with Crippen molar-refractivity contribution in [3.05, 3.63) is 30.0 Å². The van der Waals surface area contributed by atoms with Gasteiger partial charge in [-0.3, -0.25) is 9.89 Å². The van der Waals surface area contributed by atoms with E-state index >= 15 is 0 Å². The highest BCUT2D eigenvalue weighted by molar-refractivity contribution is 5.98. The van der Waals surface area contributed by atoms with Gasteiger partial charge >= 0.3 is 0 Å². The summed E-state index contributed by atoms with van der Waals surface area (Å²) < 4.78 is 5.44. The molecule has 0 radical (unpaired) electrons. The molecule has 1 aliphatic carbocycles. The Morgan fingerprint density at radius 1 is 1.38 bits per heavy atom. The van der Waals surface area contributed by atoms with E-state index in [4.69, 9.17) is 4.74 Å². The van der Waals surface area contributed by atoms with Crippen LogP contribution in [0.5, 0.6) is 0 Å². The quantitative estimate of drug-likeness (QED) is 0.937. The van der Waals surface area contributed by atoms with Crippen molar-refractivity contribution in [3.8, 4) is 0 Å². The summed E-state index contributed by atoms with van der Waals surface area (Å²) in [6, 6.07) is 6.19. The summed E-state index contributed by atoms with van der Waals surface area (Å²) in [6.07, 6.45) is 5.10. The minimum atomic E-state index is 0.140. The maximum atomic E-state index is 12.8. The van der Waals surface area contributed by atoms with Gasteiger partial charge in [0.2, 0.25) is 0 Å². The van der Waals surface area contributed by atoms with Crippen LogP contribution in [0, 0.1) is 5.92 Å². The lowest BCUT2D eigenvalue weighted by atomic mass is 10.1. The maximum absolute atomic E-state index is 12.8. The molecule has 1 amide bonds. The van der Waals surface area contributed by atoms with Gasteiger partial charge in [-0.15, -0.1) is 0 Å². The van der Waals surface area contributed by atoms with Gasteiger partial charge in [-0.05, 0) is 31.4 Å². The van der Waals surface area contributed by atoms with E-state index in [0.29, 0.717) is 12.0 Å². The second-order valence-corrected chi connectivity index (χ2v) is 6.09. The van der Waals surface area contributed by atoms with Gasteiger partial charge in [-0.1, -0.05) is 6.07 Å². The number of benzene rings is 1. The minimum absolute atomic E-state index is 0.140. The van der Waals surface area contributed by atoms with Crippen molar-refractivity contribution in [2.45, 2.75) is 25.3 Å². The van der Waals surface area contributed by atoms with Crippen LogP contribution in [-0.2, 0) is 4.74 Å². The number of ether oxygens (including phenoxy) is 1. The molecule has 110 valence electrons. The lowest BCUT2D eigenvalue weighted by Gasteiger charge is -2.25. The van der Waals surface area contributed by atoms with Gasteiger partial charge < -0.3 is 9.64 Å². The molecular formula is C16H19N3O2. The molecule has 1 N–H and O–H groups in total. The predicted octanol–water partition coefficient (Wildman–Crippen LogP) is 2.20. The smallest absolute Gasteiger partial charge is 0.254 e. The number of aromatic nitrogens is 2. The highest BCUT2D eigenvalue weighted by Crippen LogP contribution is 2.30. The summed E-state index contributed by atoms with van der Waals surface area (Å²) in [5, 5.41) is 7.98. The molecule has 0 bridgehead atoms. The third kappa shape index (κ3) is 2.53. The van der Waals surface area contributed by atoms with Gasteiger partial charge in [0, 0.05) is 36.1 Å². The number of nitrogens with one attached hydrogen (secondary N) is 1. The first-order valence-corrected chi connectivity index (χ1v) is 7.63. The number of nitrogens with zero attached hydrogens (tertiary/aromatic N) is 2. The molecule has 21 heavy (non-hydrogen) atoms. The number of aromatic amines is 1. The van der Waals surface area contributed by atoms with E-state index in [9.17, 15) is 4.79 Å². The molecule has 2 fully saturated rings. The van der Waals surface area contributed by atoms with Crippen molar-refractivity contribution >= 4 is 16.8 Å². The van der Waals surface area contributed by atoms with E-state index in [0.717, 1.165) is 55.5 Å².